The van der Waals surface area contributed by atoms with Crippen LogP contribution in [-0.2, 0) is 4.74 Å². The van der Waals surface area contributed by atoms with Crippen molar-refractivity contribution in [2.75, 3.05) is 6.61 Å². The van der Waals surface area contributed by atoms with Crippen molar-refractivity contribution in [1.29, 1.82) is 0 Å². The normalized spacial score (nSPS) is 30.4. The van der Waals surface area contributed by atoms with Crippen molar-refractivity contribution in [3.8, 4) is 0 Å². The van der Waals surface area contributed by atoms with Crippen molar-refractivity contribution >= 4 is 0 Å². The Morgan fingerprint density at radius 3 is 2.88 bits per heavy atom. The fraction of sp³-hybridized carbons (Fsp3) is 0.857. The van der Waals surface area contributed by atoms with Gasteiger partial charge in [-0.25, -0.2) is 0 Å². The molecule has 2 heteroatoms. The van der Waals surface area contributed by atoms with Gasteiger partial charge in [0.15, 0.2) is 0 Å². The third-order valence-corrected chi connectivity index (χ3v) is 3.82. The first kappa shape index (κ1) is 12.1. The van der Waals surface area contributed by atoms with Crippen LogP contribution in [0.15, 0.2) is 11.1 Å². The van der Waals surface area contributed by atoms with Crippen molar-refractivity contribution in [2.45, 2.75) is 70.5 Å². The van der Waals surface area contributed by atoms with E-state index in [-0.39, 0.29) is 0 Å². The zero-order valence-corrected chi connectivity index (χ0v) is 10.4. The molecule has 1 aliphatic carbocycles. The van der Waals surface area contributed by atoms with Gasteiger partial charge in [0.1, 0.15) is 0 Å². The minimum atomic E-state index is 0.314. The number of hydrogen-bond acceptors (Lipinski definition) is 2. The molecule has 16 heavy (non-hydrogen) atoms. The molecule has 2 nitrogen and oxygen atoms in total. The summed E-state index contributed by atoms with van der Waals surface area (Å²) in [4.78, 5) is 0. The summed E-state index contributed by atoms with van der Waals surface area (Å²) in [5, 5.41) is 8.83. The maximum Gasteiger partial charge on any atom is 0.0791 e. The highest BCUT2D eigenvalue weighted by Crippen LogP contribution is 2.37. The smallest absolute Gasteiger partial charge is 0.0791 e. The van der Waals surface area contributed by atoms with E-state index in [0.29, 0.717) is 18.8 Å². The van der Waals surface area contributed by atoms with Crippen LogP contribution in [0.4, 0.5) is 0 Å². The minimum absolute atomic E-state index is 0.314. The van der Waals surface area contributed by atoms with Crippen LogP contribution in [0.1, 0.15) is 58.3 Å². The zero-order chi connectivity index (χ0) is 11.4. The average molecular weight is 224 g/mol. The Hall–Kier alpha value is -0.340. The largest absolute Gasteiger partial charge is 0.396 e. The maximum absolute atomic E-state index is 8.83. The van der Waals surface area contributed by atoms with Gasteiger partial charge in [-0.15, -0.1) is 0 Å². The molecule has 0 radical (unpaired) electrons. The van der Waals surface area contributed by atoms with E-state index in [4.69, 9.17) is 9.84 Å². The molecule has 0 bridgehead atoms. The monoisotopic (exact) mass is 224 g/mol. The van der Waals surface area contributed by atoms with Crippen LogP contribution in [0.2, 0.25) is 0 Å². The van der Waals surface area contributed by atoms with E-state index in [1.54, 1.807) is 11.1 Å². The van der Waals surface area contributed by atoms with Gasteiger partial charge in [-0.2, -0.15) is 0 Å². The summed E-state index contributed by atoms with van der Waals surface area (Å²) < 4.78 is 6.06. The minimum Gasteiger partial charge on any atom is -0.396 e. The molecule has 0 fully saturated rings. The van der Waals surface area contributed by atoms with Crippen molar-refractivity contribution in [3.05, 3.63) is 11.1 Å². The second kappa shape index (κ2) is 5.83. The first-order valence-corrected chi connectivity index (χ1v) is 6.78. The van der Waals surface area contributed by atoms with Crippen LogP contribution in [-0.4, -0.2) is 23.9 Å². The predicted octanol–water partition coefficient (Wildman–Crippen LogP) is 3.20. The van der Waals surface area contributed by atoms with Crippen molar-refractivity contribution in [3.63, 3.8) is 0 Å². The number of hydrogen-bond donors (Lipinski definition) is 1. The highest BCUT2D eigenvalue weighted by atomic mass is 16.5. The Labute approximate surface area is 98.7 Å². The van der Waals surface area contributed by atoms with Gasteiger partial charge in [0, 0.05) is 6.61 Å². The van der Waals surface area contributed by atoms with Gasteiger partial charge in [-0.05, 0) is 63.9 Å². The van der Waals surface area contributed by atoms with Gasteiger partial charge >= 0.3 is 0 Å². The van der Waals surface area contributed by atoms with E-state index in [1.807, 2.05) is 0 Å². The summed E-state index contributed by atoms with van der Waals surface area (Å²) in [5.74, 6) is 0. The third-order valence-electron chi connectivity index (χ3n) is 3.82. The summed E-state index contributed by atoms with van der Waals surface area (Å²) >= 11 is 0. The second-order valence-corrected chi connectivity index (χ2v) is 5.19. The quantitative estimate of drug-likeness (QED) is 0.587. The lowest BCUT2D eigenvalue weighted by atomic mass is 9.82. The Morgan fingerprint density at radius 2 is 2.06 bits per heavy atom. The lowest BCUT2D eigenvalue weighted by Gasteiger charge is -2.35. The van der Waals surface area contributed by atoms with Crippen LogP contribution in [0.5, 0.6) is 0 Å². The van der Waals surface area contributed by atoms with Crippen LogP contribution >= 0.6 is 0 Å². The summed E-state index contributed by atoms with van der Waals surface area (Å²) in [6.45, 7) is 2.51. The number of aliphatic hydroxyl groups is 1. The third kappa shape index (κ3) is 2.86. The molecule has 0 aromatic rings. The van der Waals surface area contributed by atoms with Crippen molar-refractivity contribution < 1.29 is 9.84 Å². The molecule has 2 atom stereocenters. The Bertz CT molecular complexity index is 257. The molecule has 0 saturated carbocycles. The van der Waals surface area contributed by atoms with Gasteiger partial charge in [0.25, 0.3) is 0 Å². The molecular weight excluding hydrogens is 200 g/mol. The number of rotatable bonds is 4. The zero-order valence-electron chi connectivity index (χ0n) is 10.4. The van der Waals surface area contributed by atoms with E-state index in [2.05, 4.69) is 6.92 Å². The fourth-order valence-electron chi connectivity index (χ4n) is 3.05. The standard InChI is InChI=1S/C14H24O2/c1-11-10-12-6-2-3-7-13(12)14(16-11)8-4-5-9-15/h11,14-15H,2-10H2,1H3/t11-,14+/m0/s1. The molecular formula is C14H24O2. The highest BCUT2D eigenvalue weighted by Gasteiger charge is 2.28. The Kier molecular flexibility index (Phi) is 4.42. The van der Waals surface area contributed by atoms with Gasteiger partial charge in [0.2, 0.25) is 0 Å². The second-order valence-electron chi connectivity index (χ2n) is 5.19. The molecule has 0 spiro atoms. The first-order chi connectivity index (χ1) is 7.81. The summed E-state index contributed by atoms with van der Waals surface area (Å²) in [6.07, 6.45) is 10.3. The Morgan fingerprint density at radius 1 is 1.25 bits per heavy atom. The van der Waals surface area contributed by atoms with Crippen molar-refractivity contribution in [2.24, 2.45) is 0 Å². The van der Waals surface area contributed by atoms with Gasteiger partial charge in [0.05, 0.1) is 12.2 Å². The van der Waals surface area contributed by atoms with E-state index in [9.17, 15) is 0 Å². The fourth-order valence-corrected chi connectivity index (χ4v) is 3.05. The molecule has 0 aromatic heterocycles. The van der Waals surface area contributed by atoms with Crippen LogP contribution in [0.3, 0.4) is 0 Å². The molecule has 1 aliphatic heterocycles. The van der Waals surface area contributed by atoms with Gasteiger partial charge in [-0.1, -0.05) is 5.57 Å². The molecule has 0 saturated heterocycles. The summed E-state index contributed by atoms with van der Waals surface area (Å²) in [7, 11) is 0. The Balaban J connectivity index is 1.98. The number of aliphatic hydroxyl groups excluding tert-OH is 1. The molecule has 0 aromatic carbocycles. The molecule has 2 aliphatic rings. The molecule has 2 rings (SSSR count). The van der Waals surface area contributed by atoms with Crippen LogP contribution < -0.4 is 0 Å². The average Bonchev–Trinajstić information content (AvgIpc) is 2.29. The SMILES string of the molecule is C[C@H]1CC2=C(CCCC2)[C@@H](CCCCO)O1. The topological polar surface area (TPSA) is 29.5 Å². The lowest BCUT2D eigenvalue weighted by molar-refractivity contribution is -0.00362. The summed E-state index contributed by atoms with van der Waals surface area (Å²) in [5.41, 5.74) is 3.31. The van der Waals surface area contributed by atoms with Crippen LogP contribution in [0.25, 0.3) is 0 Å². The molecule has 0 amide bonds. The highest BCUT2D eigenvalue weighted by molar-refractivity contribution is 5.24. The number of unbranched alkanes of at least 4 members (excludes halogenated alkanes) is 1. The lowest BCUT2D eigenvalue weighted by Crippen LogP contribution is -2.30. The summed E-state index contributed by atoms with van der Waals surface area (Å²) in [6, 6.07) is 0. The van der Waals surface area contributed by atoms with E-state index in [1.165, 1.54) is 25.7 Å². The molecule has 0 unspecified atom stereocenters. The van der Waals surface area contributed by atoms with Gasteiger partial charge in [-0.3, -0.25) is 0 Å². The molecule has 1 N–H and O–H groups in total. The van der Waals surface area contributed by atoms with Crippen molar-refractivity contribution in [1.82, 2.24) is 0 Å². The first-order valence-electron chi connectivity index (χ1n) is 6.78. The van der Waals surface area contributed by atoms with E-state index >= 15 is 0 Å². The maximum atomic E-state index is 8.83. The van der Waals surface area contributed by atoms with Crippen LogP contribution in [0, 0.1) is 0 Å². The van der Waals surface area contributed by atoms with E-state index < -0.39 is 0 Å². The number of ether oxygens (including phenoxy) is 1. The predicted molar refractivity (Wildman–Crippen MR) is 65.4 cm³/mol. The molecule has 92 valence electrons. The molecule has 1 heterocycles. The van der Waals surface area contributed by atoms with E-state index in [0.717, 1.165) is 25.7 Å². The van der Waals surface area contributed by atoms with Gasteiger partial charge < -0.3 is 9.84 Å².